The van der Waals surface area contributed by atoms with Crippen LogP contribution in [-0.2, 0) is 6.54 Å². The first-order chi connectivity index (χ1) is 9.97. The summed E-state index contributed by atoms with van der Waals surface area (Å²) in [5, 5.41) is 4.66. The summed E-state index contributed by atoms with van der Waals surface area (Å²) in [6.45, 7) is 9.01. The summed E-state index contributed by atoms with van der Waals surface area (Å²) in [7, 11) is 1.70. The number of aromatic nitrogens is 2. The van der Waals surface area contributed by atoms with Crippen LogP contribution >= 0.6 is 0 Å². The molecule has 2 aromatic rings. The molecule has 0 saturated heterocycles. The summed E-state index contributed by atoms with van der Waals surface area (Å²) in [4.78, 5) is 0. The van der Waals surface area contributed by atoms with E-state index in [4.69, 9.17) is 10.5 Å². The van der Waals surface area contributed by atoms with Crippen molar-refractivity contribution in [2.45, 2.75) is 46.7 Å². The van der Waals surface area contributed by atoms with Gasteiger partial charge in [-0.3, -0.25) is 4.68 Å². The van der Waals surface area contributed by atoms with Crippen LogP contribution in [0.15, 0.2) is 18.2 Å². The third-order valence-electron chi connectivity index (χ3n) is 4.00. The molecule has 4 nitrogen and oxygen atoms in total. The van der Waals surface area contributed by atoms with Crippen LogP contribution in [0.3, 0.4) is 0 Å². The van der Waals surface area contributed by atoms with Gasteiger partial charge in [-0.05, 0) is 33.3 Å². The Morgan fingerprint density at radius 3 is 2.62 bits per heavy atom. The van der Waals surface area contributed by atoms with Crippen molar-refractivity contribution in [2.75, 3.05) is 7.11 Å². The quantitative estimate of drug-likeness (QED) is 0.918. The number of methoxy groups -OCH3 is 1. The van der Waals surface area contributed by atoms with Gasteiger partial charge in [-0.15, -0.1) is 0 Å². The lowest BCUT2D eigenvalue weighted by atomic mass is 10.0. The van der Waals surface area contributed by atoms with Gasteiger partial charge in [-0.1, -0.05) is 24.6 Å². The maximum Gasteiger partial charge on any atom is 0.123 e. The maximum absolute atomic E-state index is 6.20. The zero-order valence-electron chi connectivity index (χ0n) is 13.6. The highest BCUT2D eigenvalue weighted by Crippen LogP contribution is 2.25. The van der Waals surface area contributed by atoms with Gasteiger partial charge in [0.05, 0.1) is 19.3 Å². The molecular formula is C17H25N3O. The number of benzene rings is 1. The minimum absolute atomic E-state index is 0.0538. The normalized spacial score (nSPS) is 12.5. The van der Waals surface area contributed by atoms with Gasteiger partial charge in [0.25, 0.3) is 0 Å². The molecule has 0 saturated carbocycles. The van der Waals surface area contributed by atoms with Crippen LogP contribution in [0.2, 0.25) is 0 Å². The van der Waals surface area contributed by atoms with Gasteiger partial charge >= 0.3 is 0 Å². The summed E-state index contributed by atoms with van der Waals surface area (Å²) < 4.78 is 7.48. The van der Waals surface area contributed by atoms with Crippen molar-refractivity contribution >= 4 is 0 Å². The van der Waals surface area contributed by atoms with Crippen LogP contribution in [0.4, 0.5) is 0 Å². The van der Waals surface area contributed by atoms with E-state index in [9.17, 15) is 0 Å². The standard InChI is InChI=1S/C17H25N3O/c1-6-15(18)17-12(3)19-20(13(17)4)10-14-9-11(2)7-8-16(14)21-5/h7-9,15H,6,10,18H2,1-5H3. The average molecular weight is 287 g/mol. The van der Waals surface area contributed by atoms with E-state index in [1.807, 2.05) is 17.7 Å². The molecule has 1 unspecified atom stereocenters. The second kappa shape index (κ2) is 6.31. The second-order valence-corrected chi connectivity index (χ2v) is 5.57. The van der Waals surface area contributed by atoms with Gasteiger partial charge < -0.3 is 10.5 Å². The van der Waals surface area contributed by atoms with E-state index in [1.54, 1.807) is 7.11 Å². The van der Waals surface area contributed by atoms with Crippen molar-refractivity contribution in [3.05, 3.63) is 46.3 Å². The Hall–Kier alpha value is -1.81. The van der Waals surface area contributed by atoms with Gasteiger partial charge in [-0.25, -0.2) is 0 Å². The van der Waals surface area contributed by atoms with E-state index in [2.05, 4.69) is 38.0 Å². The van der Waals surface area contributed by atoms with Gasteiger partial charge in [0.15, 0.2) is 0 Å². The number of rotatable bonds is 5. The Labute approximate surface area is 126 Å². The van der Waals surface area contributed by atoms with Crippen molar-refractivity contribution in [1.29, 1.82) is 0 Å². The third-order valence-corrected chi connectivity index (χ3v) is 4.00. The maximum atomic E-state index is 6.20. The van der Waals surface area contributed by atoms with Gasteiger partial charge in [0, 0.05) is 22.9 Å². The van der Waals surface area contributed by atoms with E-state index in [0.717, 1.165) is 29.1 Å². The molecule has 2 rings (SSSR count). The topological polar surface area (TPSA) is 53.1 Å². The van der Waals surface area contributed by atoms with E-state index >= 15 is 0 Å². The molecule has 0 aliphatic heterocycles. The molecule has 0 aliphatic rings. The molecule has 0 fully saturated rings. The number of nitrogens with two attached hydrogens (primary N) is 1. The minimum atomic E-state index is 0.0538. The Balaban J connectivity index is 2.39. The molecule has 0 spiro atoms. The average Bonchev–Trinajstić information content (AvgIpc) is 2.73. The lowest BCUT2D eigenvalue weighted by Gasteiger charge is -2.12. The highest BCUT2D eigenvalue weighted by atomic mass is 16.5. The van der Waals surface area contributed by atoms with E-state index in [0.29, 0.717) is 6.54 Å². The van der Waals surface area contributed by atoms with Gasteiger partial charge in [0.2, 0.25) is 0 Å². The second-order valence-electron chi connectivity index (χ2n) is 5.57. The summed E-state index contributed by atoms with van der Waals surface area (Å²) in [6.07, 6.45) is 0.918. The molecule has 114 valence electrons. The molecule has 1 atom stereocenters. The van der Waals surface area contributed by atoms with Gasteiger partial charge in [0.1, 0.15) is 5.75 Å². The third kappa shape index (κ3) is 3.10. The summed E-state index contributed by atoms with van der Waals surface area (Å²) in [6, 6.07) is 6.27. The van der Waals surface area contributed by atoms with Crippen molar-refractivity contribution < 1.29 is 4.74 Å². The zero-order valence-corrected chi connectivity index (χ0v) is 13.6. The Bertz CT molecular complexity index is 631. The Morgan fingerprint density at radius 2 is 2.00 bits per heavy atom. The van der Waals surface area contributed by atoms with Gasteiger partial charge in [-0.2, -0.15) is 5.10 Å². The molecule has 0 aliphatic carbocycles. The number of aryl methyl sites for hydroxylation is 2. The molecule has 2 N–H and O–H groups in total. The predicted octanol–water partition coefficient (Wildman–Crippen LogP) is 3.28. The number of hydrogen-bond donors (Lipinski definition) is 1. The van der Waals surface area contributed by atoms with Crippen LogP contribution in [0, 0.1) is 20.8 Å². The number of nitrogens with zero attached hydrogens (tertiary/aromatic N) is 2. The molecule has 21 heavy (non-hydrogen) atoms. The lowest BCUT2D eigenvalue weighted by molar-refractivity contribution is 0.407. The first kappa shape index (κ1) is 15.6. The fourth-order valence-electron chi connectivity index (χ4n) is 2.80. The Kier molecular flexibility index (Phi) is 4.68. The SMILES string of the molecule is CCC(N)c1c(C)nn(Cc2cc(C)ccc2OC)c1C. The predicted molar refractivity (Wildman–Crippen MR) is 85.8 cm³/mol. The Morgan fingerprint density at radius 1 is 1.29 bits per heavy atom. The van der Waals surface area contributed by atoms with E-state index < -0.39 is 0 Å². The summed E-state index contributed by atoms with van der Waals surface area (Å²) in [5.41, 5.74) is 11.9. The zero-order chi connectivity index (χ0) is 15.6. The summed E-state index contributed by atoms with van der Waals surface area (Å²) >= 11 is 0. The van der Waals surface area contributed by atoms with E-state index in [-0.39, 0.29) is 6.04 Å². The number of hydrogen-bond acceptors (Lipinski definition) is 3. The van der Waals surface area contributed by atoms with Crippen LogP contribution in [0.1, 0.15) is 47.5 Å². The minimum Gasteiger partial charge on any atom is -0.496 e. The first-order valence-electron chi connectivity index (χ1n) is 7.40. The van der Waals surface area contributed by atoms with Crippen molar-refractivity contribution in [2.24, 2.45) is 5.73 Å². The van der Waals surface area contributed by atoms with Crippen LogP contribution in [-0.4, -0.2) is 16.9 Å². The lowest BCUT2D eigenvalue weighted by Crippen LogP contribution is -2.11. The fourth-order valence-corrected chi connectivity index (χ4v) is 2.80. The highest BCUT2D eigenvalue weighted by molar-refractivity contribution is 5.38. The van der Waals surface area contributed by atoms with Crippen molar-refractivity contribution in [3.8, 4) is 5.75 Å². The smallest absolute Gasteiger partial charge is 0.123 e. The van der Waals surface area contributed by atoms with Crippen molar-refractivity contribution in [3.63, 3.8) is 0 Å². The van der Waals surface area contributed by atoms with Crippen LogP contribution < -0.4 is 10.5 Å². The van der Waals surface area contributed by atoms with Crippen LogP contribution in [0.25, 0.3) is 0 Å². The molecule has 1 aromatic carbocycles. The molecule has 0 radical (unpaired) electrons. The highest BCUT2D eigenvalue weighted by Gasteiger charge is 2.17. The number of ether oxygens (including phenoxy) is 1. The molecule has 0 bridgehead atoms. The fraction of sp³-hybridized carbons (Fsp3) is 0.471. The molecule has 4 heteroatoms. The van der Waals surface area contributed by atoms with E-state index in [1.165, 1.54) is 11.1 Å². The largest absolute Gasteiger partial charge is 0.496 e. The molecule has 0 amide bonds. The first-order valence-corrected chi connectivity index (χ1v) is 7.40. The van der Waals surface area contributed by atoms with Crippen LogP contribution in [0.5, 0.6) is 5.75 Å². The summed E-state index contributed by atoms with van der Waals surface area (Å²) in [5.74, 6) is 0.898. The molecule has 1 aromatic heterocycles. The molecule has 1 heterocycles. The monoisotopic (exact) mass is 287 g/mol. The van der Waals surface area contributed by atoms with Crippen molar-refractivity contribution in [1.82, 2.24) is 9.78 Å². The molecular weight excluding hydrogens is 262 g/mol.